The Hall–Kier alpha value is 0.130. The number of halogens is 6. The predicted molar refractivity (Wildman–Crippen MR) is 95.0 cm³/mol. The topological polar surface area (TPSA) is 34.1 Å². The summed E-state index contributed by atoms with van der Waals surface area (Å²) in [6.07, 6.45) is 1.03. The molecule has 2 rings (SSSR count). The number of rotatable bonds is 2. The summed E-state index contributed by atoms with van der Waals surface area (Å²) in [6, 6.07) is 4.12. The Bertz CT molecular complexity index is 877. The molecule has 0 N–H and O–H groups in total. The summed E-state index contributed by atoms with van der Waals surface area (Å²) < 4.78 is 23.3. The van der Waals surface area contributed by atoms with Crippen LogP contribution in [-0.2, 0) is 9.84 Å². The normalized spacial score (nSPS) is 11.8. The molecule has 9 heteroatoms. The molecule has 118 valence electrons. The van der Waals surface area contributed by atoms with Crippen LogP contribution in [0.15, 0.2) is 23.1 Å². The van der Waals surface area contributed by atoms with Crippen molar-refractivity contribution < 1.29 is 8.42 Å². The van der Waals surface area contributed by atoms with E-state index in [0.717, 1.165) is 6.26 Å². The second kappa shape index (κ2) is 6.56. The highest BCUT2D eigenvalue weighted by atomic mass is 35.5. The third-order valence-electron chi connectivity index (χ3n) is 2.81. The molecule has 0 aliphatic carbocycles. The van der Waals surface area contributed by atoms with E-state index in [-0.39, 0.29) is 35.0 Å². The molecule has 0 radical (unpaired) electrons. The van der Waals surface area contributed by atoms with Crippen LogP contribution < -0.4 is 0 Å². The van der Waals surface area contributed by atoms with E-state index in [2.05, 4.69) is 0 Å². The molecule has 0 aromatic heterocycles. The molecule has 2 aromatic carbocycles. The SMILES string of the molecule is CS(=O)(=O)c1cc(Cl)c(-c2cc(Cl)c(Cl)c(Cl)c2Cl)cc1Cl. The molecule has 0 heterocycles. The van der Waals surface area contributed by atoms with Gasteiger partial charge in [-0.2, -0.15) is 0 Å². The fourth-order valence-corrected chi connectivity index (χ4v) is 4.35. The Labute approximate surface area is 157 Å². The van der Waals surface area contributed by atoms with E-state index >= 15 is 0 Å². The minimum atomic E-state index is -3.51. The molecule has 0 aliphatic heterocycles. The lowest BCUT2D eigenvalue weighted by Gasteiger charge is -2.13. The number of hydrogen-bond acceptors (Lipinski definition) is 2. The van der Waals surface area contributed by atoms with Crippen LogP contribution in [0, 0.1) is 0 Å². The van der Waals surface area contributed by atoms with Gasteiger partial charge in [0.1, 0.15) is 0 Å². The lowest BCUT2D eigenvalue weighted by Crippen LogP contribution is -1.99. The number of benzene rings is 2. The van der Waals surface area contributed by atoms with Gasteiger partial charge in [-0.1, -0.05) is 69.6 Å². The van der Waals surface area contributed by atoms with Gasteiger partial charge in [-0.3, -0.25) is 0 Å². The Morgan fingerprint density at radius 3 is 1.77 bits per heavy atom. The summed E-state index contributed by atoms with van der Waals surface area (Å²) in [5, 5.41) is 0.671. The maximum absolute atomic E-state index is 11.6. The zero-order chi connectivity index (χ0) is 16.8. The Morgan fingerprint density at radius 1 is 0.682 bits per heavy atom. The van der Waals surface area contributed by atoms with Gasteiger partial charge in [-0.05, 0) is 18.2 Å². The molecule has 0 saturated carbocycles. The maximum Gasteiger partial charge on any atom is 0.177 e. The van der Waals surface area contributed by atoms with E-state index in [1.165, 1.54) is 18.2 Å². The molecule has 0 spiro atoms. The second-order valence-corrected chi connectivity index (χ2v) is 8.72. The van der Waals surface area contributed by atoms with Gasteiger partial charge in [0.2, 0.25) is 0 Å². The Kier molecular flexibility index (Phi) is 5.51. The molecule has 0 saturated heterocycles. The highest BCUT2D eigenvalue weighted by Gasteiger charge is 2.20. The van der Waals surface area contributed by atoms with Crippen LogP contribution in [0.25, 0.3) is 11.1 Å². The third-order valence-corrected chi connectivity index (χ3v) is 6.44. The van der Waals surface area contributed by atoms with Crippen LogP contribution in [0.3, 0.4) is 0 Å². The van der Waals surface area contributed by atoms with E-state index in [0.29, 0.717) is 11.1 Å². The average molecular weight is 439 g/mol. The summed E-state index contributed by atoms with van der Waals surface area (Å²) in [6.45, 7) is 0. The molecular formula is C13H6Cl6O2S. The van der Waals surface area contributed by atoms with Crippen molar-refractivity contribution in [1.29, 1.82) is 0 Å². The monoisotopic (exact) mass is 436 g/mol. The van der Waals surface area contributed by atoms with Crippen molar-refractivity contribution in [3.8, 4) is 11.1 Å². The minimum absolute atomic E-state index is 0.0140. The van der Waals surface area contributed by atoms with Crippen molar-refractivity contribution in [3.63, 3.8) is 0 Å². The molecule has 0 atom stereocenters. The molecule has 22 heavy (non-hydrogen) atoms. The summed E-state index contributed by atoms with van der Waals surface area (Å²) in [5.41, 5.74) is 0.789. The lowest BCUT2D eigenvalue weighted by atomic mass is 10.1. The van der Waals surface area contributed by atoms with E-state index in [4.69, 9.17) is 69.6 Å². The fraction of sp³-hybridized carbons (Fsp3) is 0.0769. The fourth-order valence-electron chi connectivity index (χ4n) is 1.79. The van der Waals surface area contributed by atoms with Crippen LogP contribution in [0.5, 0.6) is 0 Å². The average Bonchev–Trinajstić information content (AvgIpc) is 2.41. The van der Waals surface area contributed by atoms with Crippen LogP contribution in [0.2, 0.25) is 30.1 Å². The Balaban J connectivity index is 2.78. The zero-order valence-electron chi connectivity index (χ0n) is 10.7. The van der Waals surface area contributed by atoms with E-state index < -0.39 is 9.84 Å². The van der Waals surface area contributed by atoms with Crippen molar-refractivity contribution >= 4 is 79.4 Å². The number of hydrogen-bond donors (Lipinski definition) is 0. The van der Waals surface area contributed by atoms with Gasteiger partial charge < -0.3 is 0 Å². The van der Waals surface area contributed by atoms with Gasteiger partial charge in [0.25, 0.3) is 0 Å². The predicted octanol–water partition coefficient (Wildman–Crippen LogP) is 6.68. The van der Waals surface area contributed by atoms with Crippen molar-refractivity contribution in [1.82, 2.24) is 0 Å². The number of sulfone groups is 1. The first-order valence-electron chi connectivity index (χ1n) is 5.56. The zero-order valence-corrected chi connectivity index (χ0v) is 16.1. The molecule has 2 nitrogen and oxygen atoms in total. The van der Waals surface area contributed by atoms with Crippen LogP contribution >= 0.6 is 69.6 Å². The third kappa shape index (κ3) is 3.46. The first-order chi connectivity index (χ1) is 10.0. The van der Waals surface area contributed by atoms with Gasteiger partial charge in [-0.25, -0.2) is 8.42 Å². The highest BCUT2D eigenvalue weighted by molar-refractivity contribution is 7.90. The quantitative estimate of drug-likeness (QED) is 0.387. The molecule has 2 aromatic rings. The van der Waals surface area contributed by atoms with Crippen molar-refractivity contribution in [2.45, 2.75) is 4.90 Å². The summed E-state index contributed by atoms with van der Waals surface area (Å²) >= 11 is 36.3. The first-order valence-corrected chi connectivity index (χ1v) is 9.72. The molecule has 0 bridgehead atoms. The standard InChI is InChI=1S/C13H6Cl6O2S/c1-22(20,21)10-4-7(14)5(2-8(10)15)6-3-9(16)12(18)13(19)11(6)17/h2-4H,1H3. The van der Waals surface area contributed by atoms with Gasteiger partial charge >= 0.3 is 0 Å². The van der Waals surface area contributed by atoms with Gasteiger partial charge in [-0.15, -0.1) is 0 Å². The molecular weight excluding hydrogens is 433 g/mol. The van der Waals surface area contributed by atoms with Gasteiger partial charge in [0.15, 0.2) is 9.84 Å². The van der Waals surface area contributed by atoms with Crippen LogP contribution in [-0.4, -0.2) is 14.7 Å². The second-order valence-electron chi connectivity index (χ2n) is 4.38. The van der Waals surface area contributed by atoms with Crippen molar-refractivity contribution in [3.05, 3.63) is 48.3 Å². The van der Waals surface area contributed by atoms with E-state index in [1.54, 1.807) is 0 Å². The molecule has 0 aliphatic rings. The Morgan fingerprint density at radius 2 is 1.23 bits per heavy atom. The van der Waals surface area contributed by atoms with Gasteiger partial charge in [0, 0.05) is 22.4 Å². The largest absolute Gasteiger partial charge is 0.224 e. The van der Waals surface area contributed by atoms with Crippen molar-refractivity contribution in [2.75, 3.05) is 6.26 Å². The summed E-state index contributed by atoms with van der Waals surface area (Å²) in [7, 11) is -3.51. The van der Waals surface area contributed by atoms with E-state index in [1.807, 2.05) is 0 Å². The first kappa shape index (κ1) is 18.5. The molecule has 0 amide bonds. The van der Waals surface area contributed by atoms with Gasteiger partial charge in [0.05, 0.1) is 30.0 Å². The van der Waals surface area contributed by atoms with E-state index in [9.17, 15) is 8.42 Å². The smallest absolute Gasteiger partial charge is 0.177 e. The lowest BCUT2D eigenvalue weighted by molar-refractivity contribution is 0.602. The molecule has 0 unspecified atom stereocenters. The molecule has 0 fully saturated rings. The van der Waals surface area contributed by atoms with Crippen LogP contribution in [0.4, 0.5) is 0 Å². The summed E-state index contributed by atoms with van der Waals surface area (Å²) in [4.78, 5) is -0.0785. The maximum atomic E-state index is 11.6. The van der Waals surface area contributed by atoms with Crippen molar-refractivity contribution in [2.24, 2.45) is 0 Å². The van der Waals surface area contributed by atoms with Crippen LogP contribution in [0.1, 0.15) is 0 Å². The highest BCUT2D eigenvalue weighted by Crippen LogP contribution is 2.45. The summed E-state index contributed by atoms with van der Waals surface area (Å²) in [5.74, 6) is 0. The minimum Gasteiger partial charge on any atom is -0.224 e.